The van der Waals surface area contributed by atoms with E-state index in [-0.39, 0.29) is 0 Å². The van der Waals surface area contributed by atoms with Crippen LogP contribution in [-0.2, 0) is 13.0 Å². The Morgan fingerprint density at radius 2 is 2.10 bits per heavy atom. The van der Waals surface area contributed by atoms with Crippen molar-refractivity contribution in [1.29, 1.82) is 0 Å². The highest BCUT2D eigenvalue weighted by Crippen LogP contribution is 2.22. The molecule has 20 heavy (non-hydrogen) atoms. The standard InChI is InChI=1S/C14H21F3N2S/c1-2-12-3-4-13(20-12)8-18-7-11-5-6-19(9-11)10-14(15,16)17/h3-4,11,18H,2,5-10H2,1H3. The number of aryl methyl sites for hydroxylation is 1. The largest absolute Gasteiger partial charge is 0.401 e. The second-order valence-electron chi connectivity index (χ2n) is 5.36. The van der Waals surface area contributed by atoms with E-state index in [1.807, 2.05) is 0 Å². The van der Waals surface area contributed by atoms with Crippen LogP contribution in [0.3, 0.4) is 0 Å². The van der Waals surface area contributed by atoms with Gasteiger partial charge < -0.3 is 5.32 Å². The van der Waals surface area contributed by atoms with E-state index in [4.69, 9.17) is 0 Å². The molecule has 0 aliphatic carbocycles. The van der Waals surface area contributed by atoms with E-state index in [1.165, 1.54) is 14.7 Å². The molecule has 114 valence electrons. The number of nitrogens with one attached hydrogen (secondary N) is 1. The Bertz CT molecular complexity index is 417. The highest BCUT2D eigenvalue weighted by atomic mass is 32.1. The number of hydrogen-bond donors (Lipinski definition) is 1. The summed E-state index contributed by atoms with van der Waals surface area (Å²) in [5, 5.41) is 3.37. The van der Waals surface area contributed by atoms with Gasteiger partial charge in [0, 0.05) is 22.8 Å². The monoisotopic (exact) mass is 306 g/mol. The van der Waals surface area contributed by atoms with Crippen LogP contribution in [0.15, 0.2) is 12.1 Å². The number of nitrogens with zero attached hydrogens (tertiary/aromatic N) is 1. The van der Waals surface area contributed by atoms with Crippen LogP contribution in [0.1, 0.15) is 23.1 Å². The van der Waals surface area contributed by atoms with Gasteiger partial charge in [0.2, 0.25) is 0 Å². The topological polar surface area (TPSA) is 15.3 Å². The minimum Gasteiger partial charge on any atom is -0.312 e. The molecular formula is C14H21F3N2S. The number of halogens is 3. The molecular weight excluding hydrogens is 285 g/mol. The van der Waals surface area contributed by atoms with Gasteiger partial charge in [0.25, 0.3) is 0 Å². The van der Waals surface area contributed by atoms with Crippen molar-refractivity contribution >= 4 is 11.3 Å². The summed E-state index contributed by atoms with van der Waals surface area (Å²) in [7, 11) is 0. The van der Waals surface area contributed by atoms with E-state index >= 15 is 0 Å². The van der Waals surface area contributed by atoms with E-state index in [2.05, 4.69) is 24.4 Å². The summed E-state index contributed by atoms with van der Waals surface area (Å²) in [4.78, 5) is 4.18. The van der Waals surface area contributed by atoms with Gasteiger partial charge in [-0.05, 0) is 44.0 Å². The maximum Gasteiger partial charge on any atom is 0.401 e. The fourth-order valence-electron chi connectivity index (χ4n) is 2.58. The van der Waals surface area contributed by atoms with Gasteiger partial charge in [-0.15, -0.1) is 11.3 Å². The molecule has 0 bridgehead atoms. The third kappa shape index (κ3) is 5.07. The first kappa shape index (κ1) is 15.8. The van der Waals surface area contributed by atoms with Crippen molar-refractivity contribution in [3.8, 4) is 0 Å². The molecule has 1 atom stereocenters. The first-order valence-electron chi connectivity index (χ1n) is 7.03. The lowest BCUT2D eigenvalue weighted by molar-refractivity contribution is -0.143. The zero-order valence-electron chi connectivity index (χ0n) is 11.7. The predicted octanol–water partition coefficient (Wildman–Crippen LogP) is 3.28. The first-order chi connectivity index (χ1) is 9.46. The van der Waals surface area contributed by atoms with Crippen LogP contribution in [-0.4, -0.2) is 37.3 Å². The Hall–Kier alpha value is -0.590. The number of hydrogen-bond acceptors (Lipinski definition) is 3. The van der Waals surface area contributed by atoms with Gasteiger partial charge in [-0.2, -0.15) is 13.2 Å². The van der Waals surface area contributed by atoms with Crippen molar-refractivity contribution in [2.24, 2.45) is 5.92 Å². The quantitative estimate of drug-likeness (QED) is 0.867. The van der Waals surface area contributed by atoms with Crippen molar-refractivity contribution in [3.63, 3.8) is 0 Å². The fourth-order valence-corrected chi connectivity index (χ4v) is 3.51. The van der Waals surface area contributed by atoms with E-state index in [1.54, 1.807) is 11.3 Å². The molecule has 1 N–H and O–H groups in total. The molecule has 0 radical (unpaired) electrons. The average Bonchev–Trinajstić information content (AvgIpc) is 2.97. The number of likely N-dealkylation sites (tertiary alicyclic amines) is 1. The molecule has 1 unspecified atom stereocenters. The molecule has 0 amide bonds. The molecule has 2 rings (SSSR count). The SMILES string of the molecule is CCc1ccc(CNCC2CCN(CC(F)(F)F)C2)s1. The average molecular weight is 306 g/mol. The predicted molar refractivity (Wildman–Crippen MR) is 76.0 cm³/mol. The van der Waals surface area contributed by atoms with Crippen LogP contribution in [0.2, 0.25) is 0 Å². The summed E-state index contributed by atoms with van der Waals surface area (Å²) < 4.78 is 36.9. The van der Waals surface area contributed by atoms with Crippen LogP contribution in [0, 0.1) is 5.92 Å². The molecule has 1 aliphatic heterocycles. The normalized spacial score (nSPS) is 20.7. The summed E-state index contributed by atoms with van der Waals surface area (Å²) in [6, 6.07) is 4.27. The molecule has 1 aliphatic rings. The van der Waals surface area contributed by atoms with Gasteiger partial charge in [-0.1, -0.05) is 6.92 Å². The Kier molecular flexibility index (Phi) is 5.46. The molecule has 1 aromatic rings. The summed E-state index contributed by atoms with van der Waals surface area (Å²) in [5.41, 5.74) is 0. The van der Waals surface area contributed by atoms with E-state index in [0.717, 1.165) is 25.9 Å². The van der Waals surface area contributed by atoms with Gasteiger partial charge >= 0.3 is 6.18 Å². The number of rotatable bonds is 6. The summed E-state index contributed by atoms with van der Waals surface area (Å²) in [6.45, 7) is 4.10. The van der Waals surface area contributed by atoms with Crippen LogP contribution in [0.4, 0.5) is 13.2 Å². The van der Waals surface area contributed by atoms with Crippen molar-refractivity contribution in [2.45, 2.75) is 32.5 Å². The van der Waals surface area contributed by atoms with E-state index in [0.29, 0.717) is 19.0 Å². The van der Waals surface area contributed by atoms with Crippen LogP contribution in [0.25, 0.3) is 0 Å². The van der Waals surface area contributed by atoms with Crippen LogP contribution >= 0.6 is 11.3 Å². The zero-order chi connectivity index (χ0) is 14.6. The molecule has 0 spiro atoms. The zero-order valence-corrected chi connectivity index (χ0v) is 12.5. The maximum absolute atomic E-state index is 12.3. The molecule has 1 aromatic heterocycles. The summed E-state index contributed by atoms with van der Waals surface area (Å²) in [6.07, 6.45) is -2.16. The molecule has 2 nitrogen and oxygen atoms in total. The summed E-state index contributed by atoms with van der Waals surface area (Å²) in [5.74, 6) is 0.336. The second-order valence-corrected chi connectivity index (χ2v) is 6.61. The minimum absolute atomic E-state index is 0.336. The highest BCUT2D eigenvalue weighted by molar-refractivity contribution is 7.11. The van der Waals surface area contributed by atoms with E-state index < -0.39 is 12.7 Å². The lowest BCUT2D eigenvalue weighted by Gasteiger charge is -2.17. The van der Waals surface area contributed by atoms with Crippen molar-refractivity contribution in [3.05, 3.63) is 21.9 Å². The first-order valence-corrected chi connectivity index (χ1v) is 7.85. The van der Waals surface area contributed by atoms with Gasteiger partial charge in [0.1, 0.15) is 0 Å². The summed E-state index contributed by atoms with van der Waals surface area (Å²) >= 11 is 1.80. The smallest absolute Gasteiger partial charge is 0.312 e. The molecule has 0 aromatic carbocycles. The van der Waals surface area contributed by atoms with Gasteiger partial charge in [-0.3, -0.25) is 4.90 Å². The lowest BCUT2D eigenvalue weighted by Crippen LogP contribution is -2.33. The molecule has 1 fully saturated rings. The molecule has 6 heteroatoms. The Balaban J connectivity index is 1.65. The molecule has 0 saturated carbocycles. The third-order valence-corrected chi connectivity index (χ3v) is 4.80. The molecule has 1 saturated heterocycles. The van der Waals surface area contributed by atoms with Crippen molar-refractivity contribution < 1.29 is 13.2 Å². The van der Waals surface area contributed by atoms with Gasteiger partial charge in [-0.25, -0.2) is 0 Å². The Labute approximate surface area is 122 Å². The van der Waals surface area contributed by atoms with E-state index in [9.17, 15) is 13.2 Å². The third-order valence-electron chi connectivity index (χ3n) is 3.57. The van der Waals surface area contributed by atoms with Crippen LogP contribution in [0.5, 0.6) is 0 Å². The van der Waals surface area contributed by atoms with Crippen molar-refractivity contribution in [1.82, 2.24) is 10.2 Å². The maximum atomic E-state index is 12.3. The van der Waals surface area contributed by atoms with Crippen LogP contribution < -0.4 is 5.32 Å². The highest BCUT2D eigenvalue weighted by Gasteiger charge is 2.34. The Morgan fingerprint density at radius 3 is 2.75 bits per heavy atom. The fraction of sp³-hybridized carbons (Fsp3) is 0.714. The van der Waals surface area contributed by atoms with Gasteiger partial charge in [0.05, 0.1) is 6.54 Å². The number of alkyl halides is 3. The van der Waals surface area contributed by atoms with Gasteiger partial charge in [0.15, 0.2) is 0 Å². The molecule has 2 heterocycles. The Morgan fingerprint density at radius 1 is 1.35 bits per heavy atom. The minimum atomic E-state index is -4.07. The lowest BCUT2D eigenvalue weighted by atomic mass is 10.1. The second kappa shape index (κ2) is 6.91. The van der Waals surface area contributed by atoms with Crippen molar-refractivity contribution in [2.75, 3.05) is 26.2 Å². The number of thiophene rings is 1.